The van der Waals surface area contributed by atoms with E-state index < -0.39 is 0 Å². The maximum absolute atomic E-state index is 6.00. The number of oxazole rings is 1. The zero-order chi connectivity index (χ0) is 16.4. The van der Waals surface area contributed by atoms with Crippen LogP contribution in [0.25, 0.3) is 11.1 Å². The smallest absolute Gasteiger partial charge is 0.257 e. The van der Waals surface area contributed by atoms with Gasteiger partial charge in [-0.25, -0.2) is 9.67 Å². The fourth-order valence-electron chi connectivity index (χ4n) is 2.35. The Bertz CT molecular complexity index is 948. The van der Waals surface area contributed by atoms with Gasteiger partial charge in [-0.15, -0.1) is 5.10 Å². The molecule has 5 nitrogen and oxygen atoms in total. The lowest BCUT2D eigenvalue weighted by atomic mass is 10.2. The minimum atomic E-state index is 0.639. The van der Waals surface area contributed by atoms with Crippen molar-refractivity contribution in [3.05, 3.63) is 71.0 Å². The second-order valence-corrected chi connectivity index (χ2v) is 6.64. The van der Waals surface area contributed by atoms with Gasteiger partial charge >= 0.3 is 0 Å². The van der Waals surface area contributed by atoms with E-state index in [0.29, 0.717) is 17.5 Å². The molecule has 0 saturated heterocycles. The first kappa shape index (κ1) is 15.2. The molecule has 0 spiro atoms. The predicted molar refractivity (Wildman–Crippen MR) is 94.1 cm³/mol. The number of halogens is 1. The van der Waals surface area contributed by atoms with Gasteiger partial charge in [0.1, 0.15) is 5.52 Å². The third-order valence-electron chi connectivity index (χ3n) is 3.44. The number of hydrogen-bond donors (Lipinski definition) is 0. The van der Waals surface area contributed by atoms with Crippen LogP contribution in [-0.4, -0.2) is 20.0 Å². The molecule has 2 aromatic heterocycles. The summed E-state index contributed by atoms with van der Waals surface area (Å²) in [5.74, 6) is 0.655. The third kappa shape index (κ3) is 3.44. The predicted octanol–water partition coefficient (Wildman–Crippen LogP) is 4.41. The third-order valence-corrected chi connectivity index (χ3v) is 4.53. The van der Waals surface area contributed by atoms with Gasteiger partial charge in [-0.2, -0.15) is 0 Å². The monoisotopic (exact) mass is 356 g/mol. The fraction of sp³-hybridized carbons (Fsp3) is 0.118. The van der Waals surface area contributed by atoms with Crippen LogP contribution in [0.3, 0.4) is 0 Å². The summed E-state index contributed by atoms with van der Waals surface area (Å²) in [5, 5.41) is 9.71. The summed E-state index contributed by atoms with van der Waals surface area (Å²) in [6.45, 7) is 0.640. The van der Waals surface area contributed by atoms with Crippen LogP contribution in [0, 0.1) is 0 Å². The Morgan fingerprint density at radius 3 is 2.92 bits per heavy atom. The molecule has 2 aromatic carbocycles. The fourth-order valence-corrected chi connectivity index (χ4v) is 3.28. The lowest BCUT2D eigenvalue weighted by Crippen LogP contribution is -2.00. The van der Waals surface area contributed by atoms with Crippen molar-refractivity contribution in [2.45, 2.75) is 17.5 Å². The zero-order valence-corrected chi connectivity index (χ0v) is 14.2. The number of para-hydroxylation sites is 2. The number of aromatic nitrogens is 4. The molecule has 0 bridgehead atoms. The highest BCUT2D eigenvalue weighted by Crippen LogP contribution is 2.25. The Balaban J connectivity index is 1.41. The highest BCUT2D eigenvalue weighted by Gasteiger charge is 2.08. The number of fused-ring (bicyclic) bond motifs is 1. The summed E-state index contributed by atoms with van der Waals surface area (Å²) in [6, 6.07) is 15.5. The summed E-state index contributed by atoms with van der Waals surface area (Å²) in [7, 11) is 0. The Hall–Kier alpha value is -2.31. The van der Waals surface area contributed by atoms with Gasteiger partial charge in [-0.05, 0) is 29.8 Å². The van der Waals surface area contributed by atoms with Crippen molar-refractivity contribution >= 4 is 34.5 Å². The van der Waals surface area contributed by atoms with Crippen molar-refractivity contribution in [2.75, 3.05) is 0 Å². The highest BCUT2D eigenvalue weighted by molar-refractivity contribution is 7.98. The molecule has 120 valence electrons. The summed E-state index contributed by atoms with van der Waals surface area (Å²) in [5.41, 5.74) is 3.63. The van der Waals surface area contributed by atoms with Crippen LogP contribution in [0.4, 0.5) is 0 Å². The van der Waals surface area contributed by atoms with E-state index in [1.807, 2.05) is 54.7 Å². The first-order valence-corrected chi connectivity index (χ1v) is 8.74. The number of thioether (sulfide) groups is 1. The molecule has 0 fully saturated rings. The molecule has 4 aromatic rings. The molecule has 0 aliphatic heterocycles. The zero-order valence-electron chi connectivity index (χ0n) is 12.6. The van der Waals surface area contributed by atoms with Gasteiger partial charge in [0, 0.05) is 17.0 Å². The molecule has 0 saturated carbocycles. The first-order valence-electron chi connectivity index (χ1n) is 7.38. The van der Waals surface area contributed by atoms with Crippen LogP contribution in [-0.2, 0) is 12.3 Å². The standard InChI is InChI=1S/C17H13ClN4OS/c18-13-5-3-4-12(8-13)9-22-10-14(20-21-22)11-24-17-19-15-6-1-2-7-16(15)23-17/h1-8,10H,9,11H2. The van der Waals surface area contributed by atoms with Gasteiger partial charge in [0.05, 0.1) is 12.2 Å². The van der Waals surface area contributed by atoms with Crippen molar-refractivity contribution in [3.8, 4) is 0 Å². The van der Waals surface area contributed by atoms with Crippen LogP contribution in [0.5, 0.6) is 0 Å². The van der Waals surface area contributed by atoms with Crippen molar-refractivity contribution in [3.63, 3.8) is 0 Å². The maximum atomic E-state index is 6.00. The van der Waals surface area contributed by atoms with E-state index in [9.17, 15) is 0 Å². The van der Waals surface area contributed by atoms with Gasteiger partial charge in [-0.3, -0.25) is 0 Å². The van der Waals surface area contributed by atoms with E-state index in [1.165, 1.54) is 11.8 Å². The second-order valence-electron chi connectivity index (χ2n) is 5.27. The SMILES string of the molecule is Clc1cccc(Cn2cc(CSc3nc4ccccc4o3)nn2)c1. The molecular weight excluding hydrogens is 344 g/mol. The Labute approximate surface area is 147 Å². The summed E-state index contributed by atoms with van der Waals surface area (Å²) in [4.78, 5) is 4.44. The number of hydrogen-bond acceptors (Lipinski definition) is 5. The molecule has 0 atom stereocenters. The number of rotatable bonds is 5. The summed E-state index contributed by atoms with van der Waals surface area (Å²) >= 11 is 7.51. The van der Waals surface area contributed by atoms with Gasteiger partial charge in [-0.1, -0.05) is 52.8 Å². The second kappa shape index (κ2) is 6.67. The van der Waals surface area contributed by atoms with Crippen molar-refractivity contribution in [1.29, 1.82) is 0 Å². The molecule has 0 aliphatic carbocycles. The van der Waals surface area contributed by atoms with E-state index in [1.54, 1.807) is 4.68 Å². The summed E-state index contributed by atoms with van der Waals surface area (Å²) in [6.07, 6.45) is 1.93. The molecule has 24 heavy (non-hydrogen) atoms. The topological polar surface area (TPSA) is 56.7 Å². The van der Waals surface area contributed by atoms with Crippen LogP contribution in [0.15, 0.2) is 64.4 Å². The summed E-state index contributed by atoms with van der Waals surface area (Å²) < 4.78 is 7.49. The Morgan fingerprint density at radius 1 is 1.12 bits per heavy atom. The molecule has 0 unspecified atom stereocenters. The van der Waals surface area contributed by atoms with E-state index in [4.69, 9.17) is 16.0 Å². The highest BCUT2D eigenvalue weighted by atomic mass is 35.5. The Morgan fingerprint density at radius 2 is 2.04 bits per heavy atom. The van der Waals surface area contributed by atoms with Crippen molar-refractivity contribution in [2.24, 2.45) is 0 Å². The van der Waals surface area contributed by atoms with Crippen molar-refractivity contribution in [1.82, 2.24) is 20.0 Å². The molecule has 0 amide bonds. The van der Waals surface area contributed by atoms with E-state index in [0.717, 1.165) is 27.4 Å². The average Bonchev–Trinajstić information content (AvgIpc) is 3.19. The number of benzene rings is 2. The molecule has 0 aliphatic rings. The van der Waals surface area contributed by atoms with Crippen molar-refractivity contribution < 1.29 is 4.42 Å². The van der Waals surface area contributed by atoms with E-state index >= 15 is 0 Å². The van der Waals surface area contributed by atoms with Crippen LogP contribution in [0.2, 0.25) is 5.02 Å². The molecular formula is C17H13ClN4OS. The average molecular weight is 357 g/mol. The Kier molecular flexibility index (Phi) is 4.23. The minimum absolute atomic E-state index is 0.639. The van der Waals surface area contributed by atoms with Crippen LogP contribution in [0.1, 0.15) is 11.3 Å². The maximum Gasteiger partial charge on any atom is 0.257 e. The molecule has 0 radical (unpaired) electrons. The quantitative estimate of drug-likeness (QED) is 0.496. The van der Waals surface area contributed by atoms with Gasteiger partial charge in [0.15, 0.2) is 5.58 Å². The minimum Gasteiger partial charge on any atom is -0.431 e. The first-order chi connectivity index (χ1) is 11.8. The lowest BCUT2D eigenvalue weighted by molar-refractivity contribution is 0.489. The normalized spacial score (nSPS) is 11.2. The molecule has 0 N–H and O–H groups in total. The molecule has 7 heteroatoms. The van der Waals surface area contributed by atoms with Gasteiger partial charge < -0.3 is 4.42 Å². The van der Waals surface area contributed by atoms with Gasteiger partial charge in [0.2, 0.25) is 0 Å². The largest absolute Gasteiger partial charge is 0.431 e. The lowest BCUT2D eigenvalue weighted by Gasteiger charge is -2.00. The number of nitrogens with zero attached hydrogens (tertiary/aromatic N) is 4. The van der Waals surface area contributed by atoms with E-state index in [-0.39, 0.29) is 0 Å². The molecule has 4 rings (SSSR count). The van der Waals surface area contributed by atoms with E-state index in [2.05, 4.69) is 15.3 Å². The van der Waals surface area contributed by atoms with Crippen LogP contribution >= 0.6 is 23.4 Å². The van der Waals surface area contributed by atoms with Gasteiger partial charge in [0.25, 0.3) is 5.22 Å². The van der Waals surface area contributed by atoms with Crippen LogP contribution < -0.4 is 0 Å². The molecule has 2 heterocycles.